The number of hydrogen-bond donors (Lipinski definition) is 1. The third-order valence-electron chi connectivity index (χ3n) is 9.27. The molecular weight excluding hydrogens is 592 g/mol. The summed E-state index contributed by atoms with van der Waals surface area (Å²) in [5, 5.41) is 9.96. The van der Waals surface area contributed by atoms with E-state index < -0.39 is 6.17 Å². The summed E-state index contributed by atoms with van der Waals surface area (Å²) in [6, 6.07) is 45.6. The summed E-state index contributed by atoms with van der Waals surface area (Å²) in [6.07, 6.45) is 3.11. The highest BCUT2D eigenvalue weighted by Gasteiger charge is 2.25. The van der Waals surface area contributed by atoms with Crippen molar-refractivity contribution in [2.24, 2.45) is 9.98 Å². The SMILES string of the molecule is c1ccc(C2=NC(c3ccc(-c4cccc5oc6ccccc6c45)c4ccccc34)N=C(c3cccc4oc5ccncc5c34)N2)cc1. The highest BCUT2D eigenvalue weighted by molar-refractivity contribution is 6.23. The number of rotatable bonds is 4. The first kappa shape index (κ1) is 26.7. The van der Waals surface area contributed by atoms with Crippen molar-refractivity contribution >= 4 is 66.3 Å². The monoisotopic (exact) mass is 618 g/mol. The summed E-state index contributed by atoms with van der Waals surface area (Å²) in [6.45, 7) is 0. The summed E-state index contributed by atoms with van der Waals surface area (Å²) in [5.41, 5.74) is 8.56. The quantitative estimate of drug-likeness (QED) is 0.213. The Kier molecular flexibility index (Phi) is 5.84. The molecule has 6 aromatic carbocycles. The van der Waals surface area contributed by atoms with Crippen LogP contribution in [0.15, 0.2) is 165 Å². The Bertz CT molecular complexity index is 2770. The third-order valence-corrected chi connectivity index (χ3v) is 9.27. The van der Waals surface area contributed by atoms with Crippen LogP contribution in [0.4, 0.5) is 0 Å². The van der Waals surface area contributed by atoms with Crippen LogP contribution in [0.2, 0.25) is 0 Å². The molecule has 4 heterocycles. The van der Waals surface area contributed by atoms with E-state index in [1.807, 2.05) is 60.8 Å². The van der Waals surface area contributed by atoms with Crippen molar-refractivity contribution in [2.45, 2.75) is 6.17 Å². The number of para-hydroxylation sites is 1. The van der Waals surface area contributed by atoms with E-state index in [9.17, 15) is 0 Å². The molecule has 3 aromatic heterocycles. The van der Waals surface area contributed by atoms with Crippen molar-refractivity contribution in [3.05, 3.63) is 163 Å². The largest absolute Gasteiger partial charge is 0.456 e. The van der Waals surface area contributed by atoms with E-state index in [0.29, 0.717) is 0 Å². The summed E-state index contributed by atoms with van der Waals surface area (Å²) in [4.78, 5) is 14.9. The number of furan rings is 2. The number of fused-ring (bicyclic) bond motifs is 7. The van der Waals surface area contributed by atoms with Gasteiger partial charge in [-0.2, -0.15) is 0 Å². The topological polar surface area (TPSA) is 75.9 Å². The van der Waals surface area contributed by atoms with E-state index in [2.05, 4.69) is 89.2 Å². The molecule has 10 rings (SSSR count). The van der Waals surface area contributed by atoms with Crippen LogP contribution in [0, 0.1) is 0 Å². The average Bonchev–Trinajstić information content (AvgIpc) is 3.73. The fraction of sp³-hybridized carbons (Fsp3) is 0.0238. The predicted molar refractivity (Wildman–Crippen MR) is 194 cm³/mol. The number of amidine groups is 2. The Labute approximate surface area is 274 Å². The lowest BCUT2D eigenvalue weighted by Crippen LogP contribution is -2.36. The standard InChI is InChI=1S/C42H26N4O2/c1-2-10-25(11-3-1)40-44-41(46-42(45-40)32-16-9-19-37-39(32)33-24-43-23-22-35(33)48-37)30-21-20-28(26-12-4-5-13-27(26)30)29-15-8-18-36-38(29)31-14-6-7-17-34(31)47-36/h1-24,41H,(H,44,45,46). The molecule has 0 saturated heterocycles. The van der Waals surface area contributed by atoms with Crippen LogP contribution in [0.5, 0.6) is 0 Å². The maximum atomic E-state index is 6.25. The average molecular weight is 619 g/mol. The Balaban J connectivity index is 1.19. The zero-order valence-corrected chi connectivity index (χ0v) is 25.6. The molecule has 0 fully saturated rings. The second kappa shape index (κ2) is 10.5. The summed E-state index contributed by atoms with van der Waals surface area (Å²) in [5.74, 6) is 1.49. The lowest BCUT2D eigenvalue weighted by Gasteiger charge is -2.24. The van der Waals surface area contributed by atoms with E-state index >= 15 is 0 Å². The molecule has 48 heavy (non-hydrogen) atoms. The van der Waals surface area contributed by atoms with Gasteiger partial charge in [-0.05, 0) is 46.2 Å². The van der Waals surface area contributed by atoms with Crippen molar-refractivity contribution < 1.29 is 8.83 Å². The second-order valence-electron chi connectivity index (χ2n) is 12.0. The molecule has 226 valence electrons. The molecule has 1 aliphatic rings. The minimum atomic E-state index is -0.493. The van der Waals surface area contributed by atoms with Gasteiger partial charge in [0.05, 0.1) is 0 Å². The molecule has 6 nitrogen and oxygen atoms in total. The fourth-order valence-electron chi connectivity index (χ4n) is 7.12. The molecule has 6 heteroatoms. The van der Waals surface area contributed by atoms with Crippen molar-refractivity contribution in [1.82, 2.24) is 10.3 Å². The smallest absolute Gasteiger partial charge is 0.170 e. The van der Waals surface area contributed by atoms with Gasteiger partial charge in [0.25, 0.3) is 0 Å². The van der Waals surface area contributed by atoms with Gasteiger partial charge in [0.15, 0.2) is 6.17 Å². The molecule has 0 aliphatic carbocycles. The van der Waals surface area contributed by atoms with Crippen LogP contribution in [0.25, 0.3) is 65.8 Å². The van der Waals surface area contributed by atoms with Gasteiger partial charge in [0, 0.05) is 50.6 Å². The zero-order valence-electron chi connectivity index (χ0n) is 25.6. The molecular formula is C42H26N4O2. The molecule has 1 unspecified atom stereocenters. The Hall–Kier alpha value is -6.53. The number of pyridine rings is 1. The predicted octanol–water partition coefficient (Wildman–Crippen LogP) is 10.2. The van der Waals surface area contributed by atoms with E-state index in [1.54, 1.807) is 6.20 Å². The second-order valence-corrected chi connectivity index (χ2v) is 12.0. The first-order chi connectivity index (χ1) is 23.8. The van der Waals surface area contributed by atoms with Gasteiger partial charge in [-0.3, -0.25) is 4.98 Å². The van der Waals surface area contributed by atoms with Gasteiger partial charge in [0.1, 0.15) is 34.0 Å². The first-order valence-electron chi connectivity index (χ1n) is 16.0. The molecule has 0 bridgehead atoms. The number of hydrogen-bond acceptors (Lipinski definition) is 6. The molecule has 1 N–H and O–H groups in total. The maximum Gasteiger partial charge on any atom is 0.170 e. The summed E-state index contributed by atoms with van der Waals surface area (Å²) >= 11 is 0. The molecule has 0 radical (unpaired) electrons. The number of benzene rings is 6. The van der Waals surface area contributed by atoms with E-state index in [0.717, 1.165) is 94.1 Å². The van der Waals surface area contributed by atoms with Crippen molar-refractivity contribution in [3.63, 3.8) is 0 Å². The number of aromatic nitrogens is 1. The molecule has 9 aromatic rings. The van der Waals surface area contributed by atoms with Gasteiger partial charge < -0.3 is 14.2 Å². The van der Waals surface area contributed by atoms with Crippen molar-refractivity contribution in [2.75, 3.05) is 0 Å². The highest BCUT2D eigenvalue weighted by atomic mass is 16.3. The molecule has 1 aliphatic heterocycles. The van der Waals surface area contributed by atoms with E-state index in [-0.39, 0.29) is 0 Å². The molecule has 0 amide bonds. The number of aliphatic imine (C=N–C) groups is 2. The van der Waals surface area contributed by atoms with Gasteiger partial charge in [-0.15, -0.1) is 0 Å². The molecule has 0 saturated carbocycles. The maximum absolute atomic E-state index is 6.25. The third kappa shape index (κ3) is 4.09. The van der Waals surface area contributed by atoms with E-state index in [1.165, 1.54) is 0 Å². The number of nitrogens with one attached hydrogen (secondary N) is 1. The van der Waals surface area contributed by atoms with Crippen molar-refractivity contribution in [3.8, 4) is 11.1 Å². The van der Waals surface area contributed by atoms with Crippen LogP contribution in [0.3, 0.4) is 0 Å². The minimum Gasteiger partial charge on any atom is -0.456 e. The Morgan fingerprint density at radius 2 is 1.10 bits per heavy atom. The first-order valence-corrected chi connectivity index (χ1v) is 16.0. The van der Waals surface area contributed by atoms with Gasteiger partial charge in [-0.25, -0.2) is 9.98 Å². The van der Waals surface area contributed by atoms with Gasteiger partial charge in [0.2, 0.25) is 0 Å². The lowest BCUT2D eigenvalue weighted by atomic mass is 9.91. The van der Waals surface area contributed by atoms with Gasteiger partial charge in [-0.1, -0.05) is 109 Å². The fourth-order valence-corrected chi connectivity index (χ4v) is 7.12. The van der Waals surface area contributed by atoms with Crippen molar-refractivity contribution in [1.29, 1.82) is 0 Å². The Morgan fingerprint density at radius 1 is 0.458 bits per heavy atom. The summed E-state index contributed by atoms with van der Waals surface area (Å²) < 4.78 is 12.5. The van der Waals surface area contributed by atoms with Crippen LogP contribution in [-0.4, -0.2) is 16.7 Å². The number of nitrogens with zero attached hydrogens (tertiary/aromatic N) is 3. The highest BCUT2D eigenvalue weighted by Crippen LogP contribution is 2.42. The zero-order chi connectivity index (χ0) is 31.6. The summed E-state index contributed by atoms with van der Waals surface area (Å²) in [7, 11) is 0. The molecule has 1 atom stereocenters. The van der Waals surface area contributed by atoms with Crippen LogP contribution >= 0.6 is 0 Å². The minimum absolute atomic E-state index is 0.493. The molecule has 0 spiro atoms. The van der Waals surface area contributed by atoms with Crippen LogP contribution in [0.1, 0.15) is 22.9 Å². The Morgan fingerprint density at radius 3 is 1.94 bits per heavy atom. The van der Waals surface area contributed by atoms with Crippen LogP contribution in [-0.2, 0) is 0 Å². The van der Waals surface area contributed by atoms with E-state index in [4.69, 9.17) is 18.8 Å². The normalized spacial score (nSPS) is 14.9. The van der Waals surface area contributed by atoms with Crippen LogP contribution < -0.4 is 5.32 Å². The lowest BCUT2D eigenvalue weighted by molar-refractivity contribution is 0.668. The van der Waals surface area contributed by atoms with Gasteiger partial charge >= 0.3 is 0 Å².